The normalized spacial score (nSPS) is 29.2. The molecule has 6 nitrogen and oxygen atoms in total. The summed E-state index contributed by atoms with van der Waals surface area (Å²) >= 11 is 0. The first-order valence-electron chi connectivity index (χ1n) is 7.47. The Morgan fingerprint density at radius 2 is 1.80 bits per heavy atom. The van der Waals surface area contributed by atoms with Crippen molar-refractivity contribution in [2.75, 3.05) is 26.7 Å². The van der Waals surface area contributed by atoms with Crippen LogP contribution in [0.25, 0.3) is 0 Å². The molecule has 0 aromatic carbocycles. The van der Waals surface area contributed by atoms with Crippen molar-refractivity contribution in [2.24, 2.45) is 5.92 Å². The lowest BCUT2D eigenvalue weighted by Gasteiger charge is -2.38. The number of urea groups is 1. The fourth-order valence-corrected chi connectivity index (χ4v) is 3.20. The second-order valence-corrected chi connectivity index (χ2v) is 6.12. The maximum atomic E-state index is 12.3. The van der Waals surface area contributed by atoms with E-state index < -0.39 is 12.0 Å². The zero-order chi connectivity index (χ0) is 14.7. The Labute approximate surface area is 120 Å². The number of nitrogens with one attached hydrogen (secondary N) is 1. The summed E-state index contributed by atoms with van der Waals surface area (Å²) in [5.74, 6) is -0.875. The van der Waals surface area contributed by atoms with Crippen LogP contribution in [0.5, 0.6) is 0 Å². The lowest BCUT2D eigenvalue weighted by Crippen LogP contribution is -2.57. The van der Waals surface area contributed by atoms with Crippen molar-refractivity contribution in [3.05, 3.63) is 0 Å². The highest BCUT2D eigenvalue weighted by molar-refractivity contribution is 5.83. The van der Waals surface area contributed by atoms with Crippen molar-refractivity contribution in [1.29, 1.82) is 0 Å². The molecule has 2 aliphatic rings. The molecule has 0 aliphatic carbocycles. The van der Waals surface area contributed by atoms with Gasteiger partial charge in [0.2, 0.25) is 0 Å². The zero-order valence-corrected chi connectivity index (χ0v) is 12.3. The third-order valence-electron chi connectivity index (χ3n) is 4.49. The number of piperidine rings is 2. The second-order valence-electron chi connectivity index (χ2n) is 6.12. The van der Waals surface area contributed by atoms with Gasteiger partial charge in [-0.25, -0.2) is 9.59 Å². The van der Waals surface area contributed by atoms with Crippen LogP contribution in [-0.2, 0) is 4.79 Å². The summed E-state index contributed by atoms with van der Waals surface area (Å²) in [6, 6.07) is -0.723. The van der Waals surface area contributed by atoms with Crippen LogP contribution in [0.1, 0.15) is 32.6 Å². The first-order chi connectivity index (χ1) is 9.49. The van der Waals surface area contributed by atoms with E-state index in [1.165, 1.54) is 4.90 Å². The van der Waals surface area contributed by atoms with Crippen molar-refractivity contribution < 1.29 is 14.7 Å². The fraction of sp³-hybridized carbons (Fsp3) is 0.857. The number of aliphatic carboxylic acids is 1. The summed E-state index contributed by atoms with van der Waals surface area (Å²) in [6.07, 6.45) is 3.62. The summed E-state index contributed by atoms with van der Waals surface area (Å²) in [7, 11) is 2.07. The molecule has 6 heteroatoms. The van der Waals surface area contributed by atoms with Crippen molar-refractivity contribution >= 4 is 12.0 Å². The average Bonchev–Trinajstić information content (AvgIpc) is 2.40. The summed E-state index contributed by atoms with van der Waals surface area (Å²) < 4.78 is 0. The molecule has 2 rings (SSSR count). The summed E-state index contributed by atoms with van der Waals surface area (Å²) in [6.45, 7) is 4.40. The Morgan fingerprint density at radius 1 is 1.15 bits per heavy atom. The van der Waals surface area contributed by atoms with Gasteiger partial charge in [-0.2, -0.15) is 0 Å². The van der Waals surface area contributed by atoms with E-state index in [1.54, 1.807) is 0 Å². The number of hydrogen-bond acceptors (Lipinski definition) is 3. The van der Waals surface area contributed by atoms with E-state index in [-0.39, 0.29) is 18.0 Å². The molecule has 2 saturated heterocycles. The van der Waals surface area contributed by atoms with E-state index in [0.29, 0.717) is 6.54 Å². The lowest BCUT2D eigenvalue weighted by atomic mass is 9.91. The van der Waals surface area contributed by atoms with Gasteiger partial charge >= 0.3 is 12.0 Å². The number of likely N-dealkylation sites (tertiary alicyclic amines) is 2. The Kier molecular flexibility index (Phi) is 4.86. The number of hydrogen-bond donors (Lipinski definition) is 2. The van der Waals surface area contributed by atoms with E-state index in [4.69, 9.17) is 0 Å². The third-order valence-corrected chi connectivity index (χ3v) is 4.49. The van der Waals surface area contributed by atoms with Gasteiger partial charge in [0, 0.05) is 12.6 Å². The molecule has 2 fully saturated rings. The molecule has 20 heavy (non-hydrogen) atoms. The summed E-state index contributed by atoms with van der Waals surface area (Å²) in [5, 5.41) is 12.4. The molecule has 0 bridgehead atoms. The second kappa shape index (κ2) is 6.43. The minimum atomic E-state index is -0.893. The fourth-order valence-electron chi connectivity index (χ4n) is 3.20. The van der Waals surface area contributed by atoms with Gasteiger partial charge in [0.15, 0.2) is 0 Å². The molecule has 0 aromatic rings. The maximum absolute atomic E-state index is 12.3. The maximum Gasteiger partial charge on any atom is 0.326 e. The minimum absolute atomic E-state index is 0.0180. The Hall–Kier alpha value is -1.30. The molecule has 2 amide bonds. The number of amides is 2. The van der Waals surface area contributed by atoms with Gasteiger partial charge in [-0.3, -0.25) is 0 Å². The van der Waals surface area contributed by atoms with Crippen LogP contribution in [0, 0.1) is 5.92 Å². The molecular formula is C14H25N3O3. The molecule has 2 unspecified atom stereocenters. The van der Waals surface area contributed by atoms with E-state index >= 15 is 0 Å². The minimum Gasteiger partial charge on any atom is -0.480 e. The van der Waals surface area contributed by atoms with Crippen molar-refractivity contribution in [3.8, 4) is 0 Å². The molecule has 2 N–H and O–H groups in total. The molecule has 2 atom stereocenters. The topological polar surface area (TPSA) is 72.9 Å². The molecule has 0 spiro atoms. The summed E-state index contributed by atoms with van der Waals surface area (Å²) in [5.41, 5.74) is 0. The smallest absolute Gasteiger partial charge is 0.326 e. The molecule has 0 radical (unpaired) electrons. The summed E-state index contributed by atoms with van der Waals surface area (Å²) in [4.78, 5) is 27.5. The van der Waals surface area contributed by atoms with Crippen LogP contribution >= 0.6 is 0 Å². The molecule has 0 saturated carbocycles. The van der Waals surface area contributed by atoms with E-state index in [1.807, 2.05) is 6.92 Å². The van der Waals surface area contributed by atoms with Crippen LogP contribution in [0.4, 0.5) is 4.79 Å². The Bertz CT molecular complexity index is 367. The van der Waals surface area contributed by atoms with Crippen LogP contribution in [0.15, 0.2) is 0 Å². The number of nitrogens with zero attached hydrogens (tertiary/aromatic N) is 2. The average molecular weight is 283 g/mol. The van der Waals surface area contributed by atoms with Crippen molar-refractivity contribution in [2.45, 2.75) is 44.7 Å². The highest BCUT2D eigenvalue weighted by atomic mass is 16.4. The van der Waals surface area contributed by atoms with E-state index in [2.05, 4.69) is 17.3 Å². The van der Waals surface area contributed by atoms with Crippen LogP contribution in [-0.4, -0.2) is 65.7 Å². The quantitative estimate of drug-likeness (QED) is 0.792. The first-order valence-corrected chi connectivity index (χ1v) is 7.47. The number of carboxylic acid groups (broad SMARTS) is 1. The van der Waals surface area contributed by atoms with Crippen LogP contribution in [0.3, 0.4) is 0 Å². The highest BCUT2D eigenvalue weighted by Gasteiger charge is 2.37. The lowest BCUT2D eigenvalue weighted by molar-refractivity contribution is -0.145. The van der Waals surface area contributed by atoms with Gasteiger partial charge in [-0.15, -0.1) is 0 Å². The monoisotopic (exact) mass is 283 g/mol. The Balaban J connectivity index is 1.94. The zero-order valence-electron chi connectivity index (χ0n) is 12.3. The van der Waals surface area contributed by atoms with E-state index in [9.17, 15) is 14.7 Å². The highest BCUT2D eigenvalue weighted by Crippen LogP contribution is 2.24. The van der Waals surface area contributed by atoms with Crippen molar-refractivity contribution in [3.63, 3.8) is 0 Å². The first kappa shape index (κ1) is 15.1. The van der Waals surface area contributed by atoms with Gasteiger partial charge < -0.3 is 20.2 Å². The predicted molar refractivity (Wildman–Crippen MR) is 75.6 cm³/mol. The largest absolute Gasteiger partial charge is 0.480 e. The van der Waals surface area contributed by atoms with Gasteiger partial charge in [0.25, 0.3) is 0 Å². The molecule has 0 aromatic heterocycles. The third kappa shape index (κ3) is 3.42. The Morgan fingerprint density at radius 3 is 2.40 bits per heavy atom. The molecule has 2 aliphatic heterocycles. The SMILES string of the molecule is CC1CCCN(C(=O)NC2CCN(C)CC2)C1C(=O)O. The van der Waals surface area contributed by atoms with Crippen LogP contribution < -0.4 is 5.32 Å². The molecule has 2 heterocycles. The van der Waals surface area contributed by atoms with Gasteiger partial charge in [0.05, 0.1) is 0 Å². The number of carbonyl (C=O) groups excluding carboxylic acids is 1. The number of rotatable bonds is 2. The predicted octanol–water partition coefficient (Wildman–Crippen LogP) is 0.975. The number of carboxylic acids is 1. The van der Waals surface area contributed by atoms with Gasteiger partial charge in [-0.05, 0) is 51.7 Å². The van der Waals surface area contributed by atoms with E-state index in [0.717, 1.165) is 38.8 Å². The van der Waals surface area contributed by atoms with Gasteiger partial charge in [-0.1, -0.05) is 6.92 Å². The number of carbonyl (C=O) groups is 2. The standard InChI is InChI=1S/C14H25N3O3/c1-10-4-3-7-17(12(10)13(18)19)14(20)15-11-5-8-16(2)9-6-11/h10-12H,3-9H2,1-2H3,(H,15,20)(H,18,19). The van der Waals surface area contributed by atoms with Gasteiger partial charge in [0.1, 0.15) is 6.04 Å². The van der Waals surface area contributed by atoms with Crippen LogP contribution in [0.2, 0.25) is 0 Å². The molecule has 114 valence electrons. The molecular weight excluding hydrogens is 258 g/mol. The van der Waals surface area contributed by atoms with Crippen molar-refractivity contribution in [1.82, 2.24) is 15.1 Å².